The maximum Gasteiger partial charge on any atom is 0.326 e. The van der Waals surface area contributed by atoms with Crippen molar-refractivity contribution >= 4 is 35.0 Å². The Morgan fingerprint density at radius 1 is 1.16 bits per heavy atom. The third-order valence-electron chi connectivity index (χ3n) is 4.25. The molecule has 0 aromatic heterocycles. The Balaban J connectivity index is 1.77. The molecule has 1 aliphatic rings. The van der Waals surface area contributed by atoms with Crippen molar-refractivity contribution in [2.24, 2.45) is 0 Å². The Labute approximate surface area is 184 Å². The highest BCUT2D eigenvalue weighted by Gasteiger charge is 2.37. The molecule has 0 unspecified atom stereocenters. The molecule has 0 bridgehead atoms. The largest absolute Gasteiger partial charge is 0.488 e. The summed E-state index contributed by atoms with van der Waals surface area (Å²) in [5.74, 6) is -0.694. The van der Waals surface area contributed by atoms with E-state index >= 15 is 0 Å². The van der Waals surface area contributed by atoms with Gasteiger partial charge < -0.3 is 9.47 Å². The average molecular weight is 436 g/mol. The molecule has 0 aliphatic carbocycles. The van der Waals surface area contributed by atoms with Crippen LogP contribution in [0.1, 0.15) is 30.5 Å². The zero-order valence-electron chi connectivity index (χ0n) is 17.0. The van der Waals surface area contributed by atoms with Gasteiger partial charge in [0.15, 0.2) is 0 Å². The molecule has 3 rings (SSSR count). The number of thioether (sulfide) groups is 1. The third-order valence-corrected chi connectivity index (χ3v) is 5.16. The van der Waals surface area contributed by atoms with Crippen LogP contribution in [0.3, 0.4) is 0 Å². The van der Waals surface area contributed by atoms with Gasteiger partial charge in [-0.25, -0.2) is 0 Å². The summed E-state index contributed by atoms with van der Waals surface area (Å²) in [5, 5.41) is 8.70. The summed E-state index contributed by atoms with van der Waals surface area (Å²) < 4.78 is 10.9. The number of hydrogen-bond acceptors (Lipinski definition) is 7. The van der Waals surface area contributed by atoms with E-state index in [4.69, 9.17) is 9.47 Å². The van der Waals surface area contributed by atoms with Gasteiger partial charge in [0.25, 0.3) is 11.1 Å². The topological polar surface area (TPSA) is 96.7 Å². The molecular formula is C23H20N2O5S. The summed E-state index contributed by atoms with van der Waals surface area (Å²) in [6.07, 6.45) is 1.22. The van der Waals surface area contributed by atoms with E-state index in [-0.39, 0.29) is 17.6 Å². The van der Waals surface area contributed by atoms with E-state index in [1.54, 1.807) is 56.3 Å². The molecule has 2 amide bonds. The number of carbonyl (C=O) groups excluding carboxylic acids is 3. The first-order valence-electron chi connectivity index (χ1n) is 9.53. The molecule has 2 aromatic rings. The van der Waals surface area contributed by atoms with Crippen LogP contribution >= 0.6 is 11.8 Å². The Kier molecular flexibility index (Phi) is 7.11. The number of rotatable bonds is 7. The van der Waals surface area contributed by atoms with Gasteiger partial charge in [-0.1, -0.05) is 36.4 Å². The van der Waals surface area contributed by atoms with E-state index in [0.717, 1.165) is 22.2 Å². The first kappa shape index (κ1) is 22.1. The first-order chi connectivity index (χ1) is 14.9. The van der Waals surface area contributed by atoms with Gasteiger partial charge in [0, 0.05) is 11.1 Å². The van der Waals surface area contributed by atoms with Crippen LogP contribution in [-0.2, 0) is 20.9 Å². The lowest BCUT2D eigenvalue weighted by molar-refractivity contribution is -0.149. The van der Waals surface area contributed by atoms with Gasteiger partial charge in [-0.3, -0.25) is 19.3 Å². The molecule has 8 heteroatoms. The lowest BCUT2D eigenvalue weighted by atomic mass is 10.1. The van der Waals surface area contributed by atoms with Crippen molar-refractivity contribution < 1.29 is 23.9 Å². The fourth-order valence-corrected chi connectivity index (χ4v) is 3.68. The normalized spacial score (nSPS) is 14.8. The molecular weight excluding hydrogens is 416 g/mol. The van der Waals surface area contributed by atoms with Crippen LogP contribution in [-0.4, -0.2) is 34.7 Å². The minimum atomic E-state index is -0.640. The highest BCUT2D eigenvalue weighted by Crippen LogP contribution is 2.34. The highest BCUT2D eigenvalue weighted by atomic mass is 32.2. The fourth-order valence-electron chi connectivity index (χ4n) is 2.85. The maximum absolute atomic E-state index is 12.6. The lowest BCUT2D eigenvalue weighted by Gasteiger charge is -2.13. The average Bonchev–Trinajstić information content (AvgIpc) is 3.00. The van der Waals surface area contributed by atoms with E-state index in [1.165, 1.54) is 0 Å². The molecule has 1 saturated heterocycles. The van der Waals surface area contributed by atoms with Gasteiger partial charge in [-0.15, -0.1) is 0 Å². The van der Waals surface area contributed by atoms with Gasteiger partial charge in [0.2, 0.25) is 0 Å². The van der Waals surface area contributed by atoms with Crippen LogP contribution in [0.5, 0.6) is 5.75 Å². The van der Waals surface area contributed by atoms with Crippen molar-refractivity contribution in [3.63, 3.8) is 0 Å². The fraction of sp³-hybridized carbons (Fsp3) is 0.217. The quantitative estimate of drug-likeness (QED) is 0.476. The number of amides is 2. The SMILES string of the molecule is CC(C)OC(=O)CN1C(=O)S/C(=C/c2ccccc2OCc2ccccc2C#N)C1=O. The van der Waals surface area contributed by atoms with E-state index < -0.39 is 23.7 Å². The predicted molar refractivity (Wildman–Crippen MR) is 116 cm³/mol. The van der Waals surface area contributed by atoms with Crippen LogP contribution in [0.15, 0.2) is 53.4 Å². The summed E-state index contributed by atoms with van der Waals surface area (Å²) >= 11 is 0.759. The molecule has 1 heterocycles. The number of nitrogens with zero attached hydrogens (tertiary/aromatic N) is 2. The Morgan fingerprint density at radius 3 is 2.61 bits per heavy atom. The molecule has 0 atom stereocenters. The van der Waals surface area contributed by atoms with Crippen molar-refractivity contribution in [2.45, 2.75) is 26.6 Å². The molecule has 0 saturated carbocycles. The van der Waals surface area contributed by atoms with Crippen molar-refractivity contribution in [1.82, 2.24) is 4.90 Å². The summed E-state index contributed by atoms with van der Waals surface area (Å²) in [4.78, 5) is 37.8. The second kappa shape index (κ2) is 9.96. The summed E-state index contributed by atoms with van der Waals surface area (Å²) in [6, 6.07) is 16.3. The van der Waals surface area contributed by atoms with E-state index in [1.807, 2.05) is 12.1 Å². The van der Waals surface area contributed by atoms with Gasteiger partial charge in [0.05, 0.1) is 22.6 Å². The minimum Gasteiger partial charge on any atom is -0.488 e. The first-order valence-corrected chi connectivity index (χ1v) is 10.4. The monoisotopic (exact) mass is 436 g/mol. The number of ether oxygens (including phenoxy) is 2. The second-order valence-corrected chi connectivity index (χ2v) is 7.90. The predicted octanol–water partition coefficient (Wildman–Crippen LogP) is 4.13. The number of benzene rings is 2. The Hall–Kier alpha value is -3.57. The number of carbonyl (C=O) groups is 3. The molecule has 2 aromatic carbocycles. The van der Waals surface area contributed by atoms with E-state index in [2.05, 4.69) is 6.07 Å². The van der Waals surface area contributed by atoms with Crippen LogP contribution in [0.2, 0.25) is 0 Å². The standard InChI is InChI=1S/C23H20N2O5S/c1-15(2)30-21(26)13-25-22(27)20(31-23(25)28)11-16-7-5-6-10-19(16)29-14-18-9-4-3-8-17(18)12-24/h3-11,15H,13-14H2,1-2H3/b20-11+. The summed E-state index contributed by atoms with van der Waals surface area (Å²) in [5.41, 5.74) is 1.87. The van der Waals surface area contributed by atoms with Crippen molar-refractivity contribution in [3.8, 4) is 11.8 Å². The van der Waals surface area contributed by atoms with Gasteiger partial charge in [-0.2, -0.15) is 5.26 Å². The number of esters is 1. The van der Waals surface area contributed by atoms with Crippen LogP contribution < -0.4 is 4.74 Å². The summed E-state index contributed by atoms with van der Waals surface area (Å²) in [7, 11) is 0. The van der Waals surface area contributed by atoms with Crippen LogP contribution in [0.25, 0.3) is 6.08 Å². The Morgan fingerprint density at radius 2 is 1.87 bits per heavy atom. The van der Waals surface area contributed by atoms with E-state index in [9.17, 15) is 19.6 Å². The molecule has 1 fully saturated rings. The molecule has 0 N–H and O–H groups in total. The molecule has 158 valence electrons. The Bertz CT molecular complexity index is 1090. The smallest absolute Gasteiger partial charge is 0.326 e. The zero-order valence-corrected chi connectivity index (χ0v) is 17.8. The zero-order chi connectivity index (χ0) is 22.4. The molecule has 0 radical (unpaired) electrons. The van der Waals surface area contributed by atoms with Gasteiger partial charge >= 0.3 is 5.97 Å². The maximum atomic E-state index is 12.6. The lowest BCUT2D eigenvalue weighted by Crippen LogP contribution is -2.35. The summed E-state index contributed by atoms with van der Waals surface area (Å²) in [6.45, 7) is 3.13. The van der Waals surface area contributed by atoms with Crippen LogP contribution in [0, 0.1) is 11.3 Å². The minimum absolute atomic E-state index is 0.178. The van der Waals surface area contributed by atoms with E-state index in [0.29, 0.717) is 16.9 Å². The van der Waals surface area contributed by atoms with Crippen molar-refractivity contribution in [1.29, 1.82) is 5.26 Å². The van der Waals surface area contributed by atoms with Gasteiger partial charge in [0.1, 0.15) is 18.9 Å². The van der Waals surface area contributed by atoms with Crippen molar-refractivity contribution in [3.05, 3.63) is 70.1 Å². The molecule has 0 spiro atoms. The number of nitriles is 1. The number of hydrogen-bond donors (Lipinski definition) is 0. The molecule has 7 nitrogen and oxygen atoms in total. The number of imide groups is 1. The highest BCUT2D eigenvalue weighted by molar-refractivity contribution is 8.18. The van der Waals surface area contributed by atoms with Crippen molar-refractivity contribution in [2.75, 3.05) is 6.54 Å². The van der Waals surface area contributed by atoms with Crippen LogP contribution in [0.4, 0.5) is 4.79 Å². The van der Waals surface area contributed by atoms with Gasteiger partial charge in [-0.05, 0) is 43.8 Å². The third kappa shape index (κ3) is 5.53. The molecule has 1 aliphatic heterocycles. The molecule has 31 heavy (non-hydrogen) atoms. The second-order valence-electron chi connectivity index (χ2n) is 6.90. The number of para-hydroxylation sites is 1.